The summed E-state index contributed by atoms with van der Waals surface area (Å²) < 4.78 is 0. The van der Waals surface area contributed by atoms with Gasteiger partial charge in [-0.2, -0.15) is 15.0 Å². The van der Waals surface area contributed by atoms with Crippen molar-refractivity contribution in [3.63, 3.8) is 0 Å². The van der Waals surface area contributed by atoms with Gasteiger partial charge in [-0.05, 0) is 37.1 Å². The van der Waals surface area contributed by atoms with Gasteiger partial charge in [0.15, 0.2) is 5.16 Å². The van der Waals surface area contributed by atoms with Gasteiger partial charge in [-0.25, -0.2) is 0 Å². The van der Waals surface area contributed by atoms with Crippen LogP contribution in [0.1, 0.15) is 12.8 Å². The van der Waals surface area contributed by atoms with Crippen LogP contribution in [0.5, 0.6) is 0 Å². The maximum Gasteiger partial charge on any atom is 0.233 e. The number of aromatic nitrogens is 3. The Hall–Kier alpha value is -3.13. The zero-order valence-electron chi connectivity index (χ0n) is 15.9. The summed E-state index contributed by atoms with van der Waals surface area (Å²) in [5.41, 5.74) is 1.77. The van der Waals surface area contributed by atoms with Gasteiger partial charge >= 0.3 is 0 Å². The quantitative estimate of drug-likeness (QED) is 0.572. The molecule has 0 atom stereocenters. The number of likely N-dealkylation sites (tertiary alicyclic amines) is 1. The van der Waals surface area contributed by atoms with Crippen molar-refractivity contribution in [3.05, 3.63) is 60.7 Å². The maximum absolute atomic E-state index is 12.4. The Morgan fingerprint density at radius 1 is 0.828 bits per heavy atom. The number of anilines is 4. The second kappa shape index (κ2) is 9.38. The zero-order valence-corrected chi connectivity index (χ0v) is 16.7. The molecule has 3 aromatic rings. The number of hydrogen-bond acceptors (Lipinski definition) is 7. The van der Waals surface area contributed by atoms with E-state index in [1.54, 1.807) is 0 Å². The van der Waals surface area contributed by atoms with Crippen molar-refractivity contribution in [1.82, 2.24) is 19.9 Å². The second-order valence-electron chi connectivity index (χ2n) is 6.62. The van der Waals surface area contributed by atoms with E-state index in [9.17, 15) is 4.79 Å². The predicted molar refractivity (Wildman–Crippen MR) is 116 cm³/mol. The van der Waals surface area contributed by atoms with E-state index in [1.807, 2.05) is 65.6 Å². The summed E-state index contributed by atoms with van der Waals surface area (Å²) in [6.07, 6.45) is 2.16. The SMILES string of the molecule is O=C(CSc1nc(Nc2ccccc2)nc(Nc2ccccc2)n1)N1CCCC1. The molecule has 1 aliphatic heterocycles. The van der Waals surface area contributed by atoms with Gasteiger partial charge in [0.1, 0.15) is 0 Å². The first-order valence-electron chi connectivity index (χ1n) is 9.57. The van der Waals surface area contributed by atoms with Gasteiger partial charge in [-0.3, -0.25) is 4.79 Å². The monoisotopic (exact) mass is 406 g/mol. The molecule has 1 saturated heterocycles. The van der Waals surface area contributed by atoms with Crippen LogP contribution in [0.15, 0.2) is 65.8 Å². The van der Waals surface area contributed by atoms with Crippen molar-refractivity contribution >= 4 is 40.9 Å². The van der Waals surface area contributed by atoms with Crippen LogP contribution >= 0.6 is 11.8 Å². The third-order valence-corrected chi connectivity index (χ3v) is 5.29. The van der Waals surface area contributed by atoms with Gasteiger partial charge in [0.25, 0.3) is 0 Å². The number of hydrogen-bond donors (Lipinski definition) is 2. The highest BCUT2D eigenvalue weighted by molar-refractivity contribution is 7.99. The van der Waals surface area contributed by atoms with Crippen molar-refractivity contribution < 1.29 is 4.79 Å². The standard InChI is InChI=1S/C21H22N6OS/c28-18(27-13-7-8-14-27)15-29-21-25-19(22-16-9-3-1-4-10-16)24-20(26-21)23-17-11-5-2-6-12-17/h1-6,9-12H,7-8,13-15H2,(H2,22,23,24,25,26). The molecule has 1 aromatic heterocycles. The van der Waals surface area contributed by atoms with E-state index in [4.69, 9.17) is 0 Å². The Morgan fingerprint density at radius 2 is 1.34 bits per heavy atom. The van der Waals surface area contributed by atoms with Crippen LogP contribution in [0, 0.1) is 0 Å². The molecule has 148 valence electrons. The lowest BCUT2D eigenvalue weighted by molar-refractivity contribution is -0.127. The molecule has 29 heavy (non-hydrogen) atoms. The lowest BCUT2D eigenvalue weighted by Gasteiger charge is -2.14. The average molecular weight is 407 g/mol. The third-order valence-electron chi connectivity index (χ3n) is 4.46. The first-order chi connectivity index (χ1) is 14.3. The van der Waals surface area contributed by atoms with Gasteiger partial charge in [0.05, 0.1) is 5.75 Å². The first-order valence-corrected chi connectivity index (χ1v) is 10.6. The van der Waals surface area contributed by atoms with E-state index < -0.39 is 0 Å². The number of rotatable bonds is 7. The molecule has 0 unspecified atom stereocenters. The topological polar surface area (TPSA) is 83.0 Å². The molecule has 1 amide bonds. The lowest BCUT2D eigenvalue weighted by Crippen LogP contribution is -2.29. The van der Waals surface area contributed by atoms with Crippen molar-refractivity contribution in [2.45, 2.75) is 18.0 Å². The number of carbonyl (C=O) groups is 1. The van der Waals surface area contributed by atoms with Crippen LogP contribution in [0.3, 0.4) is 0 Å². The second-order valence-corrected chi connectivity index (χ2v) is 7.57. The van der Waals surface area contributed by atoms with E-state index in [-0.39, 0.29) is 5.91 Å². The maximum atomic E-state index is 12.4. The Morgan fingerprint density at radius 3 is 1.86 bits per heavy atom. The van der Waals surface area contributed by atoms with Crippen LogP contribution in [0.2, 0.25) is 0 Å². The van der Waals surface area contributed by atoms with Crippen molar-refractivity contribution in [2.75, 3.05) is 29.5 Å². The Balaban J connectivity index is 1.52. The first kappa shape index (κ1) is 19.2. The van der Waals surface area contributed by atoms with Crippen molar-refractivity contribution in [1.29, 1.82) is 0 Å². The van der Waals surface area contributed by atoms with Crippen molar-refractivity contribution in [2.24, 2.45) is 0 Å². The fourth-order valence-corrected chi connectivity index (χ4v) is 3.76. The summed E-state index contributed by atoms with van der Waals surface area (Å²) >= 11 is 1.33. The average Bonchev–Trinajstić information content (AvgIpc) is 3.28. The van der Waals surface area contributed by atoms with Crippen LogP contribution in [-0.2, 0) is 4.79 Å². The number of thioether (sulfide) groups is 1. The fraction of sp³-hybridized carbons (Fsp3) is 0.238. The van der Waals surface area contributed by atoms with Crippen LogP contribution in [0.25, 0.3) is 0 Å². The van der Waals surface area contributed by atoms with Crippen molar-refractivity contribution in [3.8, 4) is 0 Å². The van der Waals surface area contributed by atoms with Gasteiger partial charge in [-0.15, -0.1) is 0 Å². The van der Waals surface area contributed by atoms with E-state index in [2.05, 4.69) is 25.6 Å². The van der Waals surface area contributed by atoms with Crippen LogP contribution < -0.4 is 10.6 Å². The molecule has 2 aromatic carbocycles. The number of nitrogens with zero attached hydrogens (tertiary/aromatic N) is 4. The summed E-state index contributed by atoms with van der Waals surface area (Å²) in [5.74, 6) is 1.31. The highest BCUT2D eigenvalue weighted by atomic mass is 32.2. The minimum absolute atomic E-state index is 0.128. The smallest absolute Gasteiger partial charge is 0.233 e. The Kier molecular flexibility index (Phi) is 6.21. The number of para-hydroxylation sites is 2. The molecule has 1 aliphatic rings. The number of amides is 1. The number of nitrogens with one attached hydrogen (secondary N) is 2. The molecular weight excluding hydrogens is 384 g/mol. The van der Waals surface area contributed by atoms with E-state index in [0.29, 0.717) is 22.8 Å². The van der Waals surface area contributed by atoms with E-state index in [1.165, 1.54) is 11.8 Å². The summed E-state index contributed by atoms with van der Waals surface area (Å²) in [4.78, 5) is 27.7. The number of carbonyl (C=O) groups excluding carboxylic acids is 1. The molecule has 0 radical (unpaired) electrons. The fourth-order valence-electron chi connectivity index (χ4n) is 3.02. The molecule has 0 spiro atoms. The minimum atomic E-state index is 0.128. The summed E-state index contributed by atoms with van der Waals surface area (Å²) in [5, 5.41) is 6.91. The number of benzene rings is 2. The van der Waals surface area contributed by atoms with Gasteiger partial charge < -0.3 is 15.5 Å². The molecule has 0 bridgehead atoms. The normalized spacial score (nSPS) is 13.3. The van der Waals surface area contributed by atoms with Gasteiger partial charge in [0.2, 0.25) is 17.8 Å². The summed E-state index contributed by atoms with van der Waals surface area (Å²) in [6, 6.07) is 19.4. The van der Waals surface area contributed by atoms with Crippen LogP contribution in [-0.4, -0.2) is 44.6 Å². The Bertz CT molecular complexity index is 888. The third kappa shape index (κ3) is 5.45. The van der Waals surface area contributed by atoms with Gasteiger partial charge in [0, 0.05) is 24.5 Å². The molecule has 8 heteroatoms. The minimum Gasteiger partial charge on any atom is -0.342 e. The molecule has 0 aliphatic carbocycles. The van der Waals surface area contributed by atoms with Crippen LogP contribution in [0.4, 0.5) is 23.3 Å². The predicted octanol–water partition coefficient (Wildman–Crippen LogP) is 4.07. The highest BCUT2D eigenvalue weighted by Crippen LogP contribution is 2.22. The summed E-state index contributed by atoms with van der Waals surface area (Å²) in [6.45, 7) is 1.69. The molecule has 4 rings (SSSR count). The summed E-state index contributed by atoms with van der Waals surface area (Å²) in [7, 11) is 0. The van der Waals surface area contributed by atoms with Gasteiger partial charge in [-0.1, -0.05) is 48.2 Å². The molecule has 7 nitrogen and oxygen atoms in total. The molecule has 0 saturated carbocycles. The Labute approximate surface area is 174 Å². The molecule has 2 N–H and O–H groups in total. The highest BCUT2D eigenvalue weighted by Gasteiger charge is 2.19. The largest absolute Gasteiger partial charge is 0.342 e. The molecule has 2 heterocycles. The van der Waals surface area contributed by atoms with E-state index in [0.717, 1.165) is 37.3 Å². The van der Waals surface area contributed by atoms with E-state index >= 15 is 0 Å². The zero-order chi connectivity index (χ0) is 19.9. The lowest BCUT2D eigenvalue weighted by atomic mass is 10.3. The molecule has 1 fully saturated rings. The molecular formula is C21H22N6OS.